The first-order chi connectivity index (χ1) is 17.7. The molecule has 0 saturated heterocycles. The van der Waals surface area contributed by atoms with Crippen LogP contribution >= 0.6 is 0 Å². The average Bonchev–Trinajstić information content (AvgIpc) is 2.93. The summed E-state index contributed by atoms with van der Waals surface area (Å²) in [5, 5.41) is 26.7. The van der Waals surface area contributed by atoms with Gasteiger partial charge in [-0.05, 0) is 88.1 Å². The Bertz CT molecular complexity index is 1210. The number of nitriles is 2. The third-order valence-corrected chi connectivity index (χ3v) is 6.34. The number of methoxy groups -OCH3 is 2. The van der Waals surface area contributed by atoms with Gasteiger partial charge in [-0.2, -0.15) is 10.5 Å². The van der Waals surface area contributed by atoms with Gasteiger partial charge in [-0.3, -0.25) is 0 Å². The van der Waals surface area contributed by atoms with Crippen molar-refractivity contribution in [2.45, 2.75) is 79.7 Å². The van der Waals surface area contributed by atoms with Crippen LogP contribution in [0.4, 0.5) is 0 Å². The van der Waals surface area contributed by atoms with Gasteiger partial charge >= 0.3 is 18.9 Å². The number of ether oxygens (including phenoxy) is 2. The summed E-state index contributed by atoms with van der Waals surface area (Å²) in [6.07, 6.45) is 0. The summed E-state index contributed by atoms with van der Waals surface area (Å²) >= 11 is 0. The van der Waals surface area contributed by atoms with E-state index in [1.165, 1.54) is 5.56 Å². The van der Waals surface area contributed by atoms with Crippen molar-refractivity contribution < 1.29 is 34.9 Å². The quantitative estimate of drug-likeness (QED) is 0.429. The minimum atomic E-state index is -0.825. The third-order valence-electron chi connectivity index (χ3n) is 6.34. The predicted octanol–water partition coefficient (Wildman–Crippen LogP) is 3.46. The van der Waals surface area contributed by atoms with Gasteiger partial charge in [-0.25, -0.2) is 0 Å². The predicted molar refractivity (Wildman–Crippen MR) is 176 cm³/mol. The van der Waals surface area contributed by atoms with Gasteiger partial charge in [-0.15, -0.1) is 0 Å². The molecule has 6 nitrogen and oxygen atoms in total. The third kappa shape index (κ3) is 15.2. The SMILES string of the molecule is C.C.CC(C)(O)c1ccc(C#N)cc1.COC(C)(C)c1ccc(C#N)cc1.COC(C)(C)c1ccc(CN)cc1.[AlH3].[H-].[Li+]. The number of nitrogens with two attached hydrogens (primary N) is 1. The maximum atomic E-state index is 9.57. The van der Waals surface area contributed by atoms with E-state index in [0.29, 0.717) is 17.7 Å². The minimum absolute atomic E-state index is 0. The summed E-state index contributed by atoms with van der Waals surface area (Å²) < 4.78 is 10.7. The second-order valence-corrected chi connectivity index (χ2v) is 10.3. The van der Waals surface area contributed by atoms with Crippen LogP contribution in [0, 0.1) is 22.7 Å². The molecule has 0 aromatic heterocycles. The Morgan fingerprint density at radius 1 is 0.667 bits per heavy atom. The molecule has 0 aliphatic carbocycles. The molecule has 3 aromatic rings. The summed E-state index contributed by atoms with van der Waals surface area (Å²) in [5.74, 6) is 0. The summed E-state index contributed by atoms with van der Waals surface area (Å²) in [7, 11) is 3.40. The fraction of sp³-hybridized carbons (Fsp3) is 0.412. The topological polar surface area (TPSA) is 112 Å². The van der Waals surface area contributed by atoms with Gasteiger partial charge in [0.2, 0.25) is 0 Å². The molecule has 226 valence electrons. The molecular weight excluding hydrogens is 532 g/mol. The van der Waals surface area contributed by atoms with Crippen LogP contribution in [0.25, 0.3) is 0 Å². The Labute approximate surface area is 279 Å². The van der Waals surface area contributed by atoms with Gasteiger partial charge in [0.05, 0.1) is 40.1 Å². The minimum Gasteiger partial charge on any atom is -1.00 e. The van der Waals surface area contributed by atoms with Gasteiger partial charge in [0, 0.05) is 20.8 Å². The zero-order valence-corrected chi connectivity index (χ0v) is 24.9. The number of hydrogen-bond acceptors (Lipinski definition) is 6. The fourth-order valence-corrected chi connectivity index (χ4v) is 3.18. The molecule has 0 radical (unpaired) electrons. The number of benzene rings is 3. The number of rotatable bonds is 6. The molecule has 0 aliphatic rings. The van der Waals surface area contributed by atoms with Crippen molar-refractivity contribution >= 4 is 17.4 Å². The van der Waals surface area contributed by atoms with Crippen molar-refractivity contribution in [2.75, 3.05) is 14.2 Å². The summed E-state index contributed by atoms with van der Waals surface area (Å²) in [6, 6.07) is 26.7. The summed E-state index contributed by atoms with van der Waals surface area (Å²) in [4.78, 5) is 0. The van der Waals surface area contributed by atoms with Crippen molar-refractivity contribution in [3.63, 3.8) is 0 Å². The average molecular weight is 586 g/mol. The van der Waals surface area contributed by atoms with E-state index in [9.17, 15) is 5.11 Å². The summed E-state index contributed by atoms with van der Waals surface area (Å²) in [5.41, 5.74) is 9.70. The molecule has 8 heteroatoms. The van der Waals surface area contributed by atoms with Crippen molar-refractivity contribution in [3.05, 3.63) is 106 Å². The number of nitrogens with zero attached hydrogens (tertiary/aromatic N) is 2. The zero-order chi connectivity index (χ0) is 29.0. The first kappa shape index (κ1) is 46.6. The van der Waals surface area contributed by atoms with Crippen molar-refractivity contribution in [1.29, 1.82) is 10.5 Å². The van der Waals surface area contributed by atoms with Crippen LogP contribution in [0.1, 0.15) is 91.2 Å². The van der Waals surface area contributed by atoms with Crippen molar-refractivity contribution in [3.8, 4) is 12.1 Å². The summed E-state index contributed by atoms with van der Waals surface area (Å²) in [6.45, 7) is 12.1. The van der Waals surface area contributed by atoms with Crippen molar-refractivity contribution in [2.24, 2.45) is 5.73 Å². The Hall–Kier alpha value is -2.39. The van der Waals surface area contributed by atoms with E-state index in [0.717, 1.165) is 16.7 Å². The molecule has 3 aromatic carbocycles. The molecule has 0 bridgehead atoms. The van der Waals surface area contributed by atoms with E-state index in [-0.39, 0.29) is 63.7 Å². The van der Waals surface area contributed by atoms with Crippen LogP contribution in [0.5, 0.6) is 0 Å². The second kappa shape index (κ2) is 21.3. The standard InChI is InChI=1S/C11H17NO.C11H13NO.C10H11NO.2CH4.Al.Li.4H/c2*1-11(2,13-3)10-6-4-9(8-12)5-7-10;1-10(2,12)9-5-3-8(7-11)4-6-9;;;;;;;;/h4-7H,8,12H2,1-3H3;4-7H,1-3H3;3-6,12H,1-2H3;2*1H4;;;;;;/q;;;;;;+1;;;;-1. The van der Waals surface area contributed by atoms with Crippen LogP contribution in [-0.2, 0) is 32.8 Å². The number of aliphatic hydroxyl groups is 1. The normalized spacial score (nSPS) is 10.1. The van der Waals surface area contributed by atoms with Crippen LogP contribution < -0.4 is 24.6 Å². The smallest absolute Gasteiger partial charge is 1.00 e. The zero-order valence-electron chi connectivity index (χ0n) is 25.9. The van der Waals surface area contributed by atoms with E-state index in [2.05, 4.69) is 18.2 Å². The molecule has 0 spiro atoms. The molecule has 0 amide bonds. The van der Waals surface area contributed by atoms with E-state index in [4.69, 9.17) is 25.7 Å². The first-order valence-corrected chi connectivity index (χ1v) is 12.4. The van der Waals surface area contributed by atoms with Gasteiger partial charge in [0.25, 0.3) is 0 Å². The molecule has 0 fully saturated rings. The molecule has 0 aliphatic heterocycles. The molecule has 42 heavy (non-hydrogen) atoms. The maximum Gasteiger partial charge on any atom is 1.00 e. The van der Waals surface area contributed by atoms with E-state index < -0.39 is 5.60 Å². The monoisotopic (exact) mass is 585 g/mol. The Kier molecular flexibility index (Phi) is 23.6. The van der Waals surface area contributed by atoms with Crippen molar-refractivity contribution in [1.82, 2.24) is 0 Å². The Balaban J connectivity index is -0.000000159. The molecule has 0 saturated carbocycles. The van der Waals surface area contributed by atoms with Gasteiger partial charge in [0.1, 0.15) is 0 Å². The van der Waals surface area contributed by atoms with Gasteiger partial charge in [-0.1, -0.05) is 63.4 Å². The fourth-order valence-electron chi connectivity index (χ4n) is 3.18. The molecular formula is C34H53AlLiN3O3. The molecule has 0 heterocycles. The van der Waals surface area contributed by atoms with Gasteiger partial charge in [0.15, 0.2) is 17.4 Å². The van der Waals surface area contributed by atoms with E-state index >= 15 is 0 Å². The van der Waals surface area contributed by atoms with Crippen LogP contribution in [0.2, 0.25) is 0 Å². The van der Waals surface area contributed by atoms with Gasteiger partial charge < -0.3 is 21.7 Å². The Morgan fingerprint density at radius 2 is 0.952 bits per heavy atom. The molecule has 0 unspecified atom stereocenters. The largest absolute Gasteiger partial charge is 1.00 e. The second-order valence-electron chi connectivity index (χ2n) is 10.3. The molecule has 3 rings (SSSR count). The van der Waals surface area contributed by atoms with Crippen LogP contribution in [0.3, 0.4) is 0 Å². The van der Waals surface area contributed by atoms with E-state index in [1.54, 1.807) is 64.5 Å². The van der Waals surface area contributed by atoms with Crippen LogP contribution in [0.15, 0.2) is 72.8 Å². The van der Waals surface area contributed by atoms with E-state index in [1.807, 2.05) is 58.0 Å². The molecule has 0 atom stereocenters. The first-order valence-electron chi connectivity index (χ1n) is 12.4. The number of hydrogen-bond donors (Lipinski definition) is 2. The Morgan fingerprint density at radius 3 is 1.19 bits per heavy atom. The van der Waals surface area contributed by atoms with Crippen LogP contribution in [-0.4, -0.2) is 36.7 Å². The molecule has 3 N–H and O–H groups in total. The maximum absolute atomic E-state index is 9.57.